The third kappa shape index (κ3) is 11.4. The molecule has 2 fully saturated rings. The first-order valence-electron chi connectivity index (χ1n) is 23.0. The fourth-order valence-corrected chi connectivity index (χ4v) is 10.5. The third-order valence-corrected chi connectivity index (χ3v) is 14.5. The van der Waals surface area contributed by atoms with Crippen LogP contribution in [0.5, 0.6) is 0 Å². The van der Waals surface area contributed by atoms with Crippen molar-refractivity contribution in [3.8, 4) is 0 Å². The summed E-state index contributed by atoms with van der Waals surface area (Å²) in [6, 6.07) is 15.8. The van der Waals surface area contributed by atoms with Crippen molar-refractivity contribution >= 4 is 95.4 Å². The third-order valence-electron chi connectivity index (χ3n) is 12.7. The van der Waals surface area contributed by atoms with E-state index in [0.717, 1.165) is 73.1 Å². The number of halogens is 3. The summed E-state index contributed by atoms with van der Waals surface area (Å²) in [5.41, 5.74) is 3.99. The Morgan fingerprint density at radius 1 is 0.716 bits per heavy atom. The molecule has 2 saturated carbocycles. The summed E-state index contributed by atoms with van der Waals surface area (Å²) < 4.78 is 86.7. The number of aromatic nitrogens is 6. The number of sulfonamides is 2. The van der Waals surface area contributed by atoms with Crippen LogP contribution in [0.25, 0.3) is 22.1 Å². The van der Waals surface area contributed by atoms with E-state index in [1.165, 1.54) is 24.3 Å². The standard InChI is InChI=1S/C24H29N7O5S.C20H22N6O3S.C2HF3O.CH4/c1-23(2,3)36-22(33)31-18-13-15-14-26-21(27-16-7-9-17(10-8-16)37(25,34)35)28-19(15)30(18)24(20(32)29-31)11-5-4-6-12-24;21-30(28,29)16-6-4-14(5-7-16)24-19-23-11-13-10-15-12-22-18(27)20(8-2-1-3-9-20)26(15)17(13)25-19;3-2(4,5)1-6;/h7-10,13-14H,4-6,11-12H2,1-3H3,(H,29,32)(H2,25,34,35)(H,26,27,28);4-7,10-11H,1-3,8-9,12H2,(H,22,27)(H2,21,28,29)(H,23,24,25);1H;1H4. The van der Waals surface area contributed by atoms with Gasteiger partial charge in [-0.05, 0) is 107 Å². The largest absolute Gasteiger partial charge is 0.446 e. The number of anilines is 5. The average Bonchev–Trinajstić information content (AvgIpc) is 3.91. The lowest BCUT2D eigenvalue weighted by Gasteiger charge is -2.44. The summed E-state index contributed by atoms with van der Waals surface area (Å²) in [6.07, 6.45) is 5.71. The molecular formula is C47H56F3N13O9S2. The number of primary sulfonamides is 2. The molecule has 4 aliphatic rings. The minimum atomic E-state index is -4.64. The zero-order valence-electron chi connectivity index (χ0n) is 39.7. The molecular weight excluding hydrogens is 1010 g/mol. The number of hydrogen-bond donors (Lipinski definition) is 6. The van der Waals surface area contributed by atoms with Gasteiger partial charge in [0.15, 0.2) is 0 Å². The molecule has 0 radical (unpaired) electrons. The molecule has 2 aliphatic carbocycles. The van der Waals surface area contributed by atoms with Crippen molar-refractivity contribution in [1.29, 1.82) is 0 Å². The lowest BCUT2D eigenvalue weighted by atomic mass is 9.79. The molecule has 22 nitrogen and oxygen atoms in total. The predicted molar refractivity (Wildman–Crippen MR) is 267 cm³/mol. The Labute approximate surface area is 423 Å². The van der Waals surface area contributed by atoms with E-state index >= 15 is 0 Å². The Morgan fingerprint density at radius 3 is 1.58 bits per heavy atom. The van der Waals surface area contributed by atoms with Gasteiger partial charge >= 0.3 is 12.3 Å². The number of hydrazine groups is 1. The van der Waals surface area contributed by atoms with Crippen LogP contribution in [0, 0.1) is 0 Å². The minimum Gasteiger partial charge on any atom is -0.442 e. The highest BCUT2D eigenvalue weighted by Gasteiger charge is 2.50. The van der Waals surface area contributed by atoms with Crippen molar-refractivity contribution in [2.75, 3.05) is 15.6 Å². The van der Waals surface area contributed by atoms with Crippen LogP contribution in [0.15, 0.2) is 82.8 Å². The van der Waals surface area contributed by atoms with Gasteiger partial charge in [-0.2, -0.15) is 28.1 Å². The van der Waals surface area contributed by atoms with Crippen LogP contribution in [0.4, 0.5) is 47.1 Å². The van der Waals surface area contributed by atoms with Crippen LogP contribution in [-0.4, -0.2) is 81.9 Å². The Kier molecular flexibility index (Phi) is 15.2. The van der Waals surface area contributed by atoms with Crippen LogP contribution in [0.2, 0.25) is 0 Å². The molecule has 10 rings (SSSR count). The van der Waals surface area contributed by atoms with Gasteiger partial charge in [0.1, 0.15) is 33.8 Å². The molecule has 0 atom stereocenters. The Bertz CT molecular complexity index is 3330. The lowest BCUT2D eigenvalue weighted by molar-refractivity contribution is -0.156. The predicted octanol–water partition coefficient (Wildman–Crippen LogP) is 6.76. The van der Waals surface area contributed by atoms with Crippen molar-refractivity contribution in [1.82, 2.24) is 39.8 Å². The second-order valence-corrected chi connectivity index (χ2v) is 22.0. The number of carbonyl (C=O) groups is 4. The molecule has 0 unspecified atom stereocenters. The van der Waals surface area contributed by atoms with E-state index in [4.69, 9.17) is 29.8 Å². The van der Waals surface area contributed by atoms with Gasteiger partial charge in [-0.25, -0.2) is 41.9 Å². The minimum absolute atomic E-state index is 0. The first-order valence-corrected chi connectivity index (χ1v) is 26.1. The molecule has 396 valence electrons. The summed E-state index contributed by atoms with van der Waals surface area (Å²) in [4.78, 5) is 66.4. The molecule has 0 bridgehead atoms. The normalized spacial score (nSPS) is 17.0. The van der Waals surface area contributed by atoms with Gasteiger partial charge in [0, 0.05) is 40.2 Å². The zero-order chi connectivity index (χ0) is 52.7. The maximum atomic E-state index is 13.5. The second kappa shape index (κ2) is 20.6. The smallest absolute Gasteiger partial charge is 0.442 e. The van der Waals surface area contributed by atoms with Gasteiger partial charge in [-0.15, -0.1) is 0 Å². The van der Waals surface area contributed by atoms with Crippen LogP contribution in [0.3, 0.4) is 0 Å². The van der Waals surface area contributed by atoms with Crippen molar-refractivity contribution in [3.05, 3.63) is 78.8 Å². The number of alkyl halides is 3. The van der Waals surface area contributed by atoms with Gasteiger partial charge in [0.05, 0.1) is 16.3 Å². The second-order valence-electron chi connectivity index (χ2n) is 18.9. The Morgan fingerprint density at radius 2 is 1.15 bits per heavy atom. The van der Waals surface area contributed by atoms with Crippen molar-refractivity contribution in [2.45, 2.75) is 132 Å². The van der Waals surface area contributed by atoms with E-state index in [2.05, 4.69) is 35.9 Å². The maximum absolute atomic E-state index is 13.5. The molecule has 2 spiro atoms. The zero-order valence-corrected chi connectivity index (χ0v) is 41.3. The highest BCUT2D eigenvalue weighted by atomic mass is 32.2. The molecule has 4 aromatic heterocycles. The first kappa shape index (κ1) is 54.5. The summed E-state index contributed by atoms with van der Waals surface area (Å²) >= 11 is 0. The molecule has 6 heterocycles. The number of benzene rings is 2. The van der Waals surface area contributed by atoms with Crippen molar-refractivity contribution in [3.63, 3.8) is 0 Å². The molecule has 3 amide bonds. The molecule has 0 saturated heterocycles. The van der Waals surface area contributed by atoms with Gasteiger partial charge in [0.2, 0.25) is 44.1 Å². The molecule has 74 heavy (non-hydrogen) atoms. The number of nitrogens with one attached hydrogen (secondary N) is 4. The monoisotopic (exact) mass is 1070 g/mol. The Hall–Kier alpha value is -7.23. The molecule has 27 heteroatoms. The number of rotatable bonds is 6. The number of nitrogens with zero attached hydrogens (tertiary/aromatic N) is 7. The molecule has 2 aliphatic heterocycles. The number of carbonyl (C=O) groups excluding carboxylic acids is 4. The first-order chi connectivity index (χ1) is 34.3. The number of aldehydes is 1. The number of fused-ring (bicyclic) bond motifs is 8. The highest BCUT2D eigenvalue weighted by Crippen LogP contribution is 2.45. The van der Waals surface area contributed by atoms with E-state index in [1.54, 1.807) is 63.5 Å². The van der Waals surface area contributed by atoms with Crippen LogP contribution >= 0.6 is 0 Å². The van der Waals surface area contributed by atoms with Crippen LogP contribution in [-0.2, 0) is 56.8 Å². The van der Waals surface area contributed by atoms with Crippen molar-refractivity contribution in [2.24, 2.45) is 10.3 Å². The lowest BCUT2D eigenvalue weighted by Crippen LogP contribution is -2.62. The molecule has 2 aromatic carbocycles. The fraction of sp³-hybridized carbons (Fsp3) is 0.404. The topological polar surface area (TPSA) is 311 Å². The fourth-order valence-electron chi connectivity index (χ4n) is 9.47. The van der Waals surface area contributed by atoms with E-state index in [9.17, 15) is 44.4 Å². The summed E-state index contributed by atoms with van der Waals surface area (Å²) in [5.74, 6) is 0.865. The maximum Gasteiger partial charge on any atom is 0.446 e. The van der Waals surface area contributed by atoms with E-state index in [-0.39, 0.29) is 35.0 Å². The highest BCUT2D eigenvalue weighted by molar-refractivity contribution is 7.89. The van der Waals surface area contributed by atoms with E-state index < -0.39 is 55.3 Å². The molecule has 6 aromatic rings. The number of ether oxygens (including phenoxy) is 1. The van der Waals surface area contributed by atoms with E-state index in [0.29, 0.717) is 53.6 Å². The summed E-state index contributed by atoms with van der Waals surface area (Å²) in [7, 11) is -7.56. The number of hydrogen-bond acceptors (Lipinski definition) is 15. The van der Waals surface area contributed by atoms with E-state index in [1.807, 2.05) is 10.6 Å². The molecule has 8 N–H and O–H groups in total. The van der Waals surface area contributed by atoms with Gasteiger partial charge in [-0.1, -0.05) is 46.0 Å². The van der Waals surface area contributed by atoms with Gasteiger partial charge < -0.3 is 25.3 Å². The number of nitrogens with two attached hydrogens (primary N) is 2. The SMILES string of the molecule is C.CC(C)(C)OC(=O)N1NC(=O)C2(CCCCC2)n2c1cc1cnc(Nc3ccc(S(N)(=O)=O)cc3)nc12.NS(=O)(=O)c1ccc(Nc2ncc3cc4n(c3n2)C2(CCCCC2)C(=O)NC4)cc1.O=CC(F)(F)F. The van der Waals surface area contributed by atoms with Crippen molar-refractivity contribution < 1.29 is 53.9 Å². The summed E-state index contributed by atoms with van der Waals surface area (Å²) in [6.45, 7) is 5.75. The van der Waals surface area contributed by atoms with Crippen LogP contribution in [0.1, 0.15) is 98.1 Å². The number of amides is 3. The Balaban J connectivity index is 0.000000195. The van der Waals surface area contributed by atoms with Crippen LogP contribution < -0.4 is 36.7 Å². The average molecular weight is 1070 g/mol. The summed E-state index contributed by atoms with van der Waals surface area (Å²) in [5, 5.41) is 22.2. The quantitative estimate of drug-likeness (QED) is 0.0939. The van der Waals surface area contributed by atoms with Gasteiger partial charge in [0.25, 0.3) is 5.91 Å². The van der Waals surface area contributed by atoms with Gasteiger partial charge in [-0.3, -0.25) is 24.4 Å².